The number of hydrogen-bond acceptors (Lipinski definition) is 4. The molecule has 1 fully saturated rings. The summed E-state index contributed by atoms with van der Waals surface area (Å²) in [5.41, 5.74) is 0. The molecule has 1 aliphatic heterocycles. The van der Waals surface area contributed by atoms with E-state index < -0.39 is 10.0 Å². The number of nitrogens with one attached hydrogen (secondary N) is 2. The minimum Gasteiger partial charge on any atom is -0.507 e. The van der Waals surface area contributed by atoms with E-state index in [2.05, 4.69) is 10.0 Å². The van der Waals surface area contributed by atoms with Crippen LogP contribution in [0.1, 0.15) is 12.8 Å². The molecule has 7 heteroatoms. The Kier molecular flexibility index (Phi) is 3.53. The molecule has 0 bridgehead atoms. The largest absolute Gasteiger partial charge is 0.507 e. The van der Waals surface area contributed by atoms with Crippen LogP contribution in [-0.2, 0) is 14.8 Å². The van der Waals surface area contributed by atoms with E-state index in [4.69, 9.17) is 0 Å². The van der Waals surface area contributed by atoms with Crippen LogP contribution >= 0.6 is 0 Å². The number of hydrogen-bond donors (Lipinski definition) is 3. The molecule has 1 atom stereocenters. The molecule has 1 aromatic rings. The fourth-order valence-electron chi connectivity index (χ4n) is 1.80. The predicted molar refractivity (Wildman–Crippen MR) is 64.5 cm³/mol. The van der Waals surface area contributed by atoms with Gasteiger partial charge in [-0.05, 0) is 18.6 Å². The zero-order valence-electron chi connectivity index (χ0n) is 9.59. The Balaban J connectivity index is 2.13. The Morgan fingerprint density at radius 3 is 2.67 bits per heavy atom. The first-order valence-electron chi connectivity index (χ1n) is 5.56. The van der Waals surface area contributed by atoms with Gasteiger partial charge in [0.2, 0.25) is 15.9 Å². The van der Waals surface area contributed by atoms with E-state index in [9.17, 15) is 18.3 Å². The number of phenolic OH excluding ortho intramolecular Hbond substituents is 1. The molecule has 2 rings (SSSR count). The summed E-state index contributed by atoms with van der Waals surface area (Å²) < 4.78 is 26.5. The third kappa shape index (κ3) is 2.80. The van der Waals surface area contributed by atoms with Gasteiger partial charge in [-0.25, -0.2) is 13.1 Å². The molecule has 1 amide bonds. The Bertz CT molecular complexity index is 546. The molecule has 0 radical (unpaired) electrons. The van der Waals surface area contributed by atoms with E-state index in [-0.39, 0.29) is 29.1 Å². The number of amides is 1. The van der Waals surface area contributed by atoms with E-state index in [0.717, 1.165) is 0 Å². The lowest BCUT2D eigenvalue weighted by Gasteiger charge is -2.23. The zero-order chi connectivity index (χ0) is 13.2. The molecule has 1 heterocycles. The molecule has 0 aromatic heterocycles. The maximum Gasteiger partial charge on any atom is 0.244 e. The summed E-state index contributed by atoms with van der Waals surface area (Å²) >= 11 is 0. The lowest BCUT2D eigenvalue weighted by atomic mass is 10.1. The third-order valence-corrected chi connectivity index (χ3v) is 4.31. The lowest BCUT2D eigenvalue weighted by molar-refractivity contribution is -0.122. The van der Waals surface area contributed by atoms with Gasteiger partial charge in [-0.1, -0.05) is 12.1 Å². The highest BCUT2D eigenvalue weighted by Gasteiger charge is 2.25. The van der Waals surface area contributed by atoms with Gasteiger partial charge in [-0.2, -0.15) is 0 Å². The fraction of sp³-hybridized carbons (Fsp3) is 0.364. The van der Waals surface area contributed by atoms with Gasteiger partial charge in [-0.3, -0.25) is 4.79 Å². The van der Waals surface area contributed by atoms with Crippen LogP contribution in [0.4, 0.5) is 0 Å². The quantitative estimate of drug-likeness (QED) is 0.717. The Morgan fingerprint density at radius 1 is 1.33 bits per heavy atom. The first-order chi connectivity index (χ1) is 8.49. The fourth-order valence-corrected chi connectivity index (χ4v) is 3.17. The number of para-hydroxylation sites is 1. The molecule has 0 saturated carbocycles. The van der Waals surface area contributed by atoms with Gasteiger partial charge in [0.05, 0.1) is 0 Å². The molecule has 1 unspecified atom stereocenters. The SMILES string of the molecule is O=C1CCC(NS(=O)(=O)c2ccccc2O)CN1. The van der Waals surface area contributed by atoms with Crippen LogP contribution in [0.25, 0.3) is 0 Å². The second-order valence-electron chi connectivity index (χ2n) is 4.13. The van der Waals surface area contributed by atoms with E-state index in [0.29, 0.717) is 12.8 Å². The minimum absolute atomic E-state index is 0.0759. The zero-order valence-corrected chi connectivity index (χ0v) is 10.4. The van der Waals surface area contributed by atoms with Gasteiger partial charge in [0.25, 0.3) is 0 Å². The summed E-state index contributed by atoms with van der Waals surface area (Å²) in [5, 5.41) is 12.1. The van der Waals surface area contributed by atoms with Crippen molar-refractivity contribution < 1.29 is 18.3 Å². The predicted octanol–water partition coefficient (Wildman–Crippen LogP) is -0.0509. The summed E-state index contributed by atoms with van der Waals surface area (Å²) in [5.74, 6) is -0.363. The van der Waals surface area contributed by atoms with Crippen molar-refractivity contribution in [2.45, 2.75) is 23.8 Å². The maximum atomic E-state index is 12.0. The van der Waals surface area contributed by atoms with Gasteiger partial charge in [-0.15, -0.1) is 0 Å². The highest BCUT2D eigenvalue weighted by atomic mass is 32.2. The summed E-state index contributed by atoms with van der Waals surface area (Å²) in [7, 11) is -3.76. The number of carbonyl (C=O) groups excluding carboxylic acids is 1. The van der Waals surface area contributed by atoms with Crippen molar-refractivity contribution in [3.05, 3.63) is 24.3 Å². The van der Waals surface area contributed by atoms with Crippen LogP contribution in [0.3, 0.4) is 0 Å². The van der Waals surface area contributed by atoms with Crippen LogP contribution < -0.4 is 10.0 Å². The van der Waals surface area contributed by atoms with Crippen LogP contribution in [-0.4, -0.2) is 32.0 Å². The van der Waals surface area contributed by atoms with Gasteiger partial charge >= 0.3 is 0 Å². The van der Waals surface area contributed by atoms with Crippen molar-refractivity contribution >= 4 is 15.9 Å². The number of piperidine rings is 1. The van der Waals surface area contributed by atoms with Gasteiger partial charge < -0.3 is 10.4 Å². The number of benzene rings is 1. The van der Waals surface area contributed by atoms with E-state index in [1.54, 1.807) is 6.07 Å². The number of aromatic hydroxyl groups is 1. The summed E-state index contributed by atoms with van der Waals surface area (Å²) in [6.07, 6.45) is 0.757. The number of phenols is 1. The van der Waals surface area contributed by atoms with Crippen LogP contribution in [0.15, 0.2) is 29.2 Å². The van der Waals surface area contributed by atoms with Crippen molar-refractivity contribution in [1.82, 2.24) is 10.0 Å². The molecule has 18 heavy (non-hydrogen) atoms. The van der Waals surface area contributed by atoms with Crippen molar-refractivity contribution in [1.29, 1.82) is 0 Å². The van der Waals surface area contributed by atoms with Crippen molar-refractivity contribution in [2.75, 3.05) is 6.54 Å². The van der Waals surface area contributed by atoms with Crippen molar-refractivity contribution in [3.8, 4) is 5.75 Å². The lowest BCUT2D eigenvalue weighted by Crippen LogP contribution is -2.47. The Labute approximate surface area is 105 Å². The molecule has 98 valence electrons. The number of carbonyl (C=O) groups is 1. The number of sulfonamides is 1. The van der Waals surface area contributed by atoms with Crippen molar-refractivity contribution in [2.24, 2.45) is 0 Å². The van der Waals surface area contributed by atoms with Gasteiger partial charge in [0.1, 0.15) is 10.6 Å². The molecule has 1 saturated heterocycles. The minimum atomic E-state index is -3.76. The monoisotopic (exact) mass is 270 g/mol. The van der Waals surface area contributed by atoms with E-state index >= 15 is 0 Å². The van der Waals surface area contributed by atoms with Gasteiger partial charge in [0.15, 0.2) is 0 Å². The topological polar surface area (TPSA) is 95.5 Å². The summed E-state index contributed by atoms with van der Waals surface area (Å²) in [4.78, 5) is 10.8. The average molecular weight is 270 g/mol. The van der Waals surface area contributed by atoms with Crippen molar-refractivity contribution in [3.63, 3.8) is 0 Å². The molecule has 6 nitrogen and oxygen atoms in total. The molecule has 0 spiro atoms. The standard InChI is InChI=1S/C11H14N2O4S/c14-9-3-1-2-4-10(9)18(16,17)13-8-5-6-11(15)12-7-8/h1-4,8,13-14H,5-7H2,(H,12,15). The third-order valence-electron chi connectivity index (χ3n) is 2.74. The molecule has 1 aliphatic rings. The molecule has 0 aliphatic carbocycles. The second kappa shape index (κ2) is 4.95. The average Bonchev–Trinajstić information content (AvgIpc) is 2.32. The van der Waals surface area contributed by atoms with Crippen LogP contribution in [0.2, 0.25) is 0 Å². The smallest absolute Gasteiger partial charge is 0.244 e. The normalized spacial score (nSPS) is 20.4. The molecular formula is C11H14N2O4S. The maximum absolute atomic E-state index is 12.0. The Hall–Kier alpha value is -1.60. The second-order valence-corrected chi connectivity index (χ2v) is 5.81. The van der Waals surface area contributed by atoms with Gasteiger partial charge in [0, 0.05) is 19.0 Å². The molecule has 3 N–H and O–H groups in total. The summed E-state index contributed by atoms with van der Waals surface area (Å²) in [6.45, 7) is 0.270. The summed E-state index contributed by atoms with van der Waals surface area (Å²) in [6, 6.07) is 5.40. The molecule has 1 aromatic carbocycles. The molecular weight excluding hydrogens is 256 g/mol. The first-order valence-corrected chi connectivity index (χ1v) is 7.04. The Morgan fingerprint density at radius 2 is 2.06 bits per heavy atom. The van der Waals surface area contributed by atoms with E-state index in [1.165, 1.54) is 18.2 Å². The first kappa shape index (κ1) is 12.8. The van der Waals surface area contributed by atoms with Crippen LogP contribution in [0.5, 0.6) is 5.75 Å². The highest BCUT2D eigenvalue weighted by molar-refractivity contribution is 7.89. The van der Waals surface area contributed by atoms with Crippen LogP contribution in [0, 0.1) is 0 Å². The highest BCUT2D eigenvalue weighted by Crippen LogP contribution is 2.21. The number of rotatable bonds is 3. The van der Waals surface area contributed by atoms with E-state index in [1.807, 2.05) is 0 Å².